The molecule has 1 atom stereocenters. The van der Waals surface area contributed by atoms with Crippen LogP contribution in [0.1, 0.15) is 84.5 Å². The molecule has 0 radical (unpaired) electrons. The molecule has 0 fully saturated rings. The molecule has 0 aliphatic rings. The fourth-order valence-electron chi connectivity index (χ4n) is 2.10. The van der Waals surface area contributed by atoms with E-state index in [0.29, 0.717) is 6.61 Å². The molecule has 0 aliphatic heterocycles. The summed E-state index contributed by atoms with van der Waals surface area (Å²) in [5, 5.41) is 8.65. The lowest BCUT2D eigenvalue weighted by atomic mass is 10.0. The topological polar surface area (TPSA) is 20.2 Å². The molecule has 18 heavy (non-hydrogen) atoms. The van der Waals surface area contributed by atoms with Gasteiger partial charge in [-0.3, -0.25) is 0 Å². The zero-order chi connectivity index (χ0) is 13.5. The number of unbranched alkanes of at least 4 members (excludes halogenated alkanes) is 7. The fraction of sp³-hybridized carbons (Fsp3) is 0.882. The quantitative estimate of drug-likeness (QED) is 0.341. The fourth-order valence-corrected chi connectivity index (χ4v) is 2.10. The molecular formula is C17H34O. The first-order chi connectivity index (χ1) is 8.81. The molecule has 0 saturated heterocycles. The third-order valence-corrected chi connectivity index (χ3v) is 3.71. The summed E-state index contributed by atoms with van der Waals surface area (Å²) in [6.45, 7) is 4.99. The lowest BCUT2D eigenvalue weighted by Gasteiger charge is -2.06. The van der Waals surface area contributed by atoms with E-state index >= 15 is 0 Å². The monoisotopic (exact) mass is 254 g/mol. The number of hydrogen-bond donors (Lipinski definition) is 1. The molecule has 0 aliphatic carbocycles. The molecule has 0 spiro atoms. The van der Waals surface area contributed by atoms with E-state index in [1.54, 1.807) is 0 Å². The van der Waals surface area contributed by atoms with Crippen LogP contribution in [0.5, 0.6) is 0 Å². The predicted octanol–water partition coefficient (Wildman–Crippen LogP) is 5.48. The van der Waals surface area contributed by atoms with E-state index in [-0.39, 0.29) is 0 Å². The van der Waals surface area contributed by atoms with Gasteiger partial charge in [-0.05, 0) is 38.0 Å². The average Bonchev–Trinajstić information content (AvgIpc) is 2.39. The first kappa shape index (κ1) is 17.7. The van der Waals surface area contributed by atoms with Gasteiger partial charge in [-0.2, -0.15) is 0 Å². The van der Waals surface area contributed by atoms with Crippen molar-refractivity contribution in [3.05, 3.63) is 12.2 Å². The molecule has 0 saturated carbocycles. The molecule has 1 unspecified atom stereocenters. The van der Waals surface area contributed by atoms with Crippen LogP contribution in [-0.4, -0.2) is 11.7 Å². The largest absolute Gasteiger partial charge is 0.396 e. The minimum Gasteiger partial charge on any atom is -0.396 e. The van der Waals surface area contributed by atoms with Crippen molar-refractivity contribution in [3.63, 3.8) is 0 Å². The van der Waals surface area contributed by atoms with E-state index in [4.69, 9.17) is 5.11 Å². The summed E-state index contributed by atoms with van der Waals surface area (Å²) >= 11 is 0. The highest BCUT2D eigenvalue weighted by molar-refractivity contribution is 4.81. The molecule has 0 heterocycles. The SMILES string of the molecule is CCC(C)CCCC/C=C/CCCCCCCO. The Kier molecular flexibility index (Phi) is 14.5. The van der Waals surface area contributed by atoms with Crippen molar-refractivity contribution in [1.29, 1.82) is 0 Å². The zero-order valence-corrected chi connectivity index (χ0v) is 12.7. The maximum atomic E-state index is 8.65. The Bertz CT molecular complexity index is 174. The van der Waals surface area contributed by atoms with Gasteiger partial charge in [0.15, 0.2) is 0 Å². The van der Waals surface area contributed by atoms with Crippen molar-refractivity contribution in [2.24, 2.45) is 5.92 Å². The maximum absolute atomic E-state index is 8.65. The molecule has 1 heteroatoms. The van der Waals surface area contributed by atoms with Crippen LogP contribution < -0.4 is 0 Å². The molecule has 0 aromatic heterocycles. The number of aliphatic hydroxyl groups excluding tert-OH is 1. The Morgan fingerprint density at radius 3 is 2.00 bits per heavy atom. The maximum Gasteiger partial charge on any atom is 0.0431 e. The van der Waals surface area contributed by atoms with Gasteiger partial charge in [0.1, 0.15) is 0 Å². The van der Waals surface area contributed by atoms with Gasteiger partial charge in [0.25, 0.3) is 0 Å². The number of rotatable bonds is 13. The number of aliphatic hydroxyl groups is 1. The second-order valence-corrected chi connectivity index (χ2v) is 5.55. The molecular weight excluding hydrogens is 220 g/mol. The van der Waals surface area contributed by atoms with Gasteiger partial charge in [-0.1, -0.05) is 64.5 Å². The summed E-state index contributed by atoms with van der Waals surface area (Å²) in [6, 6.07) is 0. The summed E-state index contributed by atoms with van der Waals surface area (Å²) < 4.78 is 0. The lowest BCUT2D eigenvalue weighted by molar-refractivity contribution is 0.282. The van der Waals surface area contributed by atoms with Crippen molar-refractivity contribution in [2.45, 2.75) is 84.5 Å². The minimum atomic E-state index is 0.358. The summed E-state index contributed by atoms with van der Waals surface area (Å²) in [7, 11) is 0. The van der Waals surface area contributed by atoms with E-state index < -0.39 is 0 Å². The lowest BCUT2D eigenvalue weighted by Crippen LogP contribution is -1.90. The predicted molar refractivity (Wildman–Crippen MR) is 81.9 cm³/mol. The van der Waals surface area contributed by atoms with Crippen LogP contribution >= 0.6 is 0 Å². The van der Waals surface area contributed by atoms with Gasteiger partial charge >= 0.3 is 0 Å². The Labute approximate surface area is 115 Å². The van der Waals surface area contributed by atoms with E-state index in [1.807, 2.05) is 0 Å². The summed E-state index contributed by atoms with van der Waals surface area (Å²) in [5.74, 6) is 0.910. The van der Waals surface area contributed by atoms with E-state index in [0.717, 1.165) is 12.3 Å². The van der Waals surface area contributed by atoms with Gasteiger partial charge in [0.2, 0.25) is 0 Å². The summed E-state index contributed by atoms with van der Waals surface area (Å²) in [4.78, 5) is 0. The molecule has 108 valence electrons. The summed E-state index contributed by atoms with van der Waals surface area (Å²) in [5.41, 5.74) is 0. The van der Waals surface area contributed by atoms with Gasteiger partial charge in [0, 0.05) is 6.61 Å². The Morgan fingerprint density at radius 2 is 1.39 bits per heavy atom. The standard InChI is InChI=1S/C17H34O/c1-3-17(2)15-13-11-9-7-5-4-6-8-10-12-14-16-18/h5,7,17-18H,3-4,6,8-16H2,1-2H3/b7-5+. The smallest absolute Gasteiger partial charge is 0.0431 e. The second-order valence-electron chi connectivity index (χ2n) is 5.55. The first-order valence-electron chi connectivity index (χ1n) is 8.07. The van der Waals surface area contributed by atoms with Crippen LogP contribution in [0.25, 0.3) is 0 Å². The molecule has 0 bridgehead atoms. The van der Waals surface area contributed by atoms with Crippen LogP contribution in [0.15, 0.2) is 12.2 Å². The van der Waals surface area contributed by atoms with Crippen molar-refractivity contribution < 1.29 is 5.11 Å². The third kappa shape index (κ3) is 13.8. The van der Waals surface area contributed by atoms with Crippen molar-refractivity contribution >= 4 is 0 Å². The van der Waals surface area contributed by atoms with Gasteiger partial charge < -0.3 is 5.11 Å². The summed E-state index contributed by atoms with van der Waals surface area (Å²) in [6.07, 6.45) is 18.8. The van der Waals surface area contributed by atoms with Crippen LogP contribution in [0.2, 0.25) is 0 Å². The molecule has 0 amide bonds. The first-order valence-corrected chi connectivity index (χ1v) is 8.07. The van der Waals surface area contributed by atoms with Gasteiger partial charge in [-0.25, -0.2) is 0 Å². The average molecular weight is 254 g/mol. The highest BCUT2D eigenvalue weighted by atomic mass is 16.2. The van der Waals surface area contributed by atoms with Crippen LogP contribution in [0.4, 0.5) is 0 Å². The van der Waals surface area contributed by atoms with Crippen LogP contribution in [0.3, 0.4) is 0 Å². The Morgan fingerprint density at radius 1 is 0.833 bits per heavy atom. The minimum absolute atomic E-state index is 0.358. The highest BCUT2D eigenvalue weighted by Gasteiger charge is 1.96. The highest BCUT2D eigenvalue weighted by Crippen LogP contribution is 2.12. The van der Waals surface area contributed by atoms with Crippen molar-refractivity contribution in [2.75, 3.05) is 6.61 Å². The molecule has 0 rings (SSSR count). The van der Waals surface area contributed by atoms with Gasteiger partial charge in [0.05, 0.1) is 0 Å². The Hall–Kier alpha value is -0.300. The van der Waals surface area contributed by atoms with E-state index in [9.17, 15) is 0 Å². The Balaban J connectivity index is 3.09. The number of allylic oxidation sites excluding steroid dienone is 2. The van der Waals surface area contributed by atoms with E-state index in [1.165, 1.54) is 64.2 Å². The molecule has 0 aromatic rings. The van der Waals surface area contributed by atoms with Crippen molar-refractivity contribution in [1.82, 2.24) is 0 Å². The van der Waals surface area contributed by atoms with Crippen molar-refractivity contribution in [3.8, 4) is 0 Å². The normalized spacial score (nSPS) is 13.3. The molecule has 1 N–H and O–H groups in total. The van der Waals surface area contributed by atoms with Crippen LogP contribution in [0, 0.1) is 5.92 Å². The second kappa shape index (κ2) is 14.8. The zero-order valence-electron chi connectivity index (χ0n) is 12.7. The third-order valence-electron chi connectivity index (χ3n) is 3.71. The molecule has 0 aromatic carbocycles. The number of hydrogen-bond acceptors (Lipinski definition) is 1. The van der Waals surface area contributed by atoms with Gasteiger partial charge in [-0.15, -0.1) is 0 Å². The molecule has 1 nitrogen and oxygen atoms in total. The van der Waals surface area contributed by atoms with Crippen LogP contribution in [-0.2, 0) is 0 Å². The van der Waals surface area contributed by atoms with E-state index in [2.05, 4.69) is 26.0 Å².